The number of rotatable bonds is 0. The van der Waals surface area contributed by atoms with E-state index in [2.05, 4.69) is 20.8 Å². The van der Waals surface area contributed by atoms with E-state index in [1.807, 2.05) is 0 Å². The van der Waals surface area contributed by atoms with Gasteiger partial charge < -0.3 is 10.2 Å². The van der Waals surface area contributed by atoms with Gasteiger partial charge >= 0.3 is 0 Å². The maximum Gasteiger partial charge on any atom is 0.0688 e. The third-order valence-corrected chi connectivity index (χ3v) is 7.68. The van der Waals surface area contributed by atoms with Crippen molar-refractivity contribution in [2.24, 2.45) is 53.3 Å². The molecule has 0 radical (unpaired) electrons. The summed E-state index contributed by atoms with van der Waals surface area (Å²) in [5.74, 6) is 5.34. The van der Waals surface area contributed by atoms with Crippen LogP contribution in [0.4, 0.5) is 0 Å². The Balaban J connectivity index is 1.84. The lowest BCUT2D eigenvalue weighted by Crippen LogP contribution is -2.35. The molecule has 0 saturated heterocycles. The van der Waals surface area contributed by atoms with Gasteiger partial charge in [-0.25, -0.2) is 0 Å². The third kappa shape index (κ3) is 0.504. The van der Waals surface area contributed by atoms with Gasteiger partial charge in [-0.1, -0.05) is 6.92 Å². The van der Waals surface area contributed by atoms with E-state index in [9.17, 15) is 10.2 Å². The first-order valence-corrected chi connectivity index (χ1v) is 6.85. The van der Waals surface area contributed by atoms with Crippen LogP contribution < -0.4 is 0 Å². The van der Waals surface area contributed by atoms with Crippen molar-refractivity contribution in [3.63, 3.8) is 0 Å². The van der Waals surface area contributed by atoms with Crippen molar-refractivity contribution < 1.29 is 10.2 Å². The first-order chi connectivity index (χ1) is 7.40. The van der Waals surface area contributed by atoms with Crippen LogP contribution in [0.1, 0.15) is 20.8 Å². The van der Waals surface area contributed by atoms with Crippen LogP contribution in [-0.2, 0) is 0 Å². The van der Waals surface area contributed by atoms with E-state index < -0.39 is 11.2 Å². The maximum absolute atomic E-state index is 10.8. The lowest BCUT2D eigenvalue weighted by atomic mass is 9.71. The Kier molecular flexibility index (Phi) is 1.07. The number of hydrogen-bond donors (Lipinski definition) is 2. The van der Waals surface area contributed by atoms with Crippen LogP contribution in [0.25, 0.3) is 0 Å². The Morgan fingerprint density at radius 2 is 1.06 bits per heavy atom. The zero-order chi connectivity index (χ0) is 11.2. The molecule has 6 aliphatic carbocycles. The molecule has 0 aromatic carbocycles. The zero-order valence-electron chi connectivity index (χ0n) is 10.1. The van der Waals surface area contributed by atoms with Gasteiger partial charge in [0, 0.05) is 0 Å². The summed E-state index contributed by atoms with van der Waals surface area (Å²) < 4.78 is 0. The van der Waals surface area contributed by atoms with Crippen molar-refractivity contribution in [2.45, 2.75) is 32.0 Å². The molecule has 2 heteroatoms. The molecule has 0 aliphatic heterocycles. The first kappa shape index (κ1) is 8.93. The molecule has 0 aromatic rings. The largest absolute Gasteiger partial charge is 0.390 e. The van der Waals surface area contributed by atoms with Gasteiger partial charge in [-0.05, 0) is 67.1 Å². The Hall–Kier alpha value is -0.0800. The molecule has 16 heavy (non-hydrogen) atoms. The molecule has 0 unspecified atom stereocenters. The summed E-state index contributed by atoms with van der Waals surface area (Å²) in [5.41, 5.74) is -0.939. The van der Waals surface area contributed by atoms with Gasteiger partial charge in [-0.2, -0.15) is 0 Å². The van der Waals surface area contributed by atoms with E-state index >= 15 is 0 Å². The van der Waals surface area contributed by atoms with Crippen LogP contribution in [0.5, 0.6) is 0 Å². The van der Waals surface area contributed by atoms with E-state index in [1.165, 1.54) is 0 Å². The summed E-state index contributed by atoms with van der Waals surface area (Å²) in [4.78, 5) is 0. The molecule has 2 nitrogen and oxygen atoms in total. The standard InChI is InChI=1S/C14H20O2/c1-4-5-8-10-6(4)7-9(5)13(2,15)11(8)12(7)14(10,3)16/h4-12,15-16H,1-3H3/t5-,6-,7+,8+,9-,10-,11+,12+,13-,14-/m0/s1. The fraction of sp³-hybridized carbons (Fsp3) is 1.00. The molecule has 6 aliphatic rings. The summed E-state index contributed by atoms with van der Waals surface area (Å²) >= 11 is 0. The average molecular weight is 220 g/mol. The van der Waals surface area contributed by atoms with Gasteiger partial charge in [0.05, 0.1) is 11.2 Å². The summed E-state index contributed by atoms with van der Waals surface area (Å²) in [6.45, 7) is 6.49. The molecule has 10 atom stereocenters. The maximum atomic E-state index is 10.8. The highest BCUT2D eigenvalue weighted by molar-refractivity contribution is 5.37. The van der Waals surface area contributed by atoms with Crippen molar-refractivity contribution in [2.75, 3.05) is 0 Å². The highest BCUT2D eigenvalue weighted by Crippen LogP contribution is 2.88. The molecule has 6 saturated carbocycles. The SMILES string of the molecule is CC1[C@H]2[C@H]3[C@@H]4[C@H]5[C@H]([C@H]1[C@@H]3[C@]5(C)O)[C@H]2[C@]4(C)O. The Morgan fingerprint density at radius 1 is 0.688 bits per heavy atom. The average Bonchev–Trinajstić information content (AvgIpc) is 2.84. The predicted octanol–water partition coefficient (Wildman–Crippen LogP) is 1.12. The Morgan fingerprint density at radius 3 is 1.44 bits per heavy atom. The quantitative estimate of drug-likeness (QED) is 0.642. The van der Waals surface area contributed by atoms with Crippen molar-refractivity contribution >= 4 is 0 Å². The lowest BCUT2D eigenvalue weighted by Gasteiger charge is -2.32. The third-order valence-electron chi connectivity index (χ3n) is 7.68. The molecule has 6 bridgehead atoms. The Labute approximate surface area is 96.0 Å². The molecule has 0 aromatic heterocycles. The Bertz CT molecular complexity index is 375. The highest BCUT2D eigenvalue weighted by atomic mass is 16.3. The monoisotopic (exact) mass is 220 g/mol. The van der Waals surface area contributed by atoms with Gasteiger partial charge in [0.15, 0.2) is 0 Å². The van der Waals surface area contributed by atoms with Crippen LogP contribution >= 0.6 is 0 Å². The predicted molar refractivity (Wildman–Crippen MR) is 58.3 cm³/mol. The molecular formula is C14H20O2. The minimum Gasteiger partial charge on any atom is -0.390 e. The van der Waals surface area contributed by atoms with Crippen molar-refractivity contribution in [3.8, 4) is 0 Å². The smallest absolute Gasteiger partial charge is 0.0688 e. The second-order valence-corrected chi connectivity index (χ2v) is 7.72. The van der Waals surface area contributed by atoms with Gasteiger partial charge in [0.25, 0.3) is 0 Å². The second kappa shape index (κ2) is 1.91. The zero-order valence-corrected chi connectivity index (χ0v) is 10.1. The summed E-state index contributed by atoms with van der Waals surface area (Å²) in [5, 5.41) is 21.6. The fourth-order valence-electron chi connectivity index (χ4n) is 8.00. The minimum atomic E-state index is -0.469. The van der Waals surface area contributed by atoms with E-state index in [0.717, 1.165) is 17.8 Å². The molecule has 0 heterocycles. The molecular weight excluding hydrogens is 200 g/mol. The number of aliphatic hydroxyl groups is 2. The topological polar surface area (TPSA) is 40.5 Å². The van der Waals surface area contributed by atoms with Gasteiger partial charge in [0.2, 0.25) is 0 Å². The van der Waals surface area contributed by atoms with E-state index in [0.29, 0.717) is 35.5 Å². The summed E-state index contributed by atoms with van der Waals surface area (Å²) in [7, 11) is 0. The van der Waals surface area contributed by atoms with Crippen molar-refractivity contribution in [1.29, 1.82) is 0 Å². The van der Waals surface area contributed by atoms with Crippen LogP contribution in [0.2, 0.25) is 0 Å². The van der Waals surface area contributed by atoms with Gasteiger partial charge in [-0.3, -0.25) is 0 Å². The lowest BCUT2D eigenvalue weighted by molar-refractivity contribution is -0.0214. The molecule has 0 spiro atoms. The van der Waals surface area contributed by atoms with Crippen LogP contribution in [0.3, 0.4) is 0 Å². The minimum absolute atomic E-state index is 0.411. The molecule has 2 N–H and O–H groups in total. The highest BCUT2D eigenvalue weighted by Gasteiger charge is 2.90. The van der Waals surface area contributed by atoms with Crippen molar-refractivity contribution in [3.05, 3.63) is 0 Å². The normalized spacial score (nSPS) is 85.7. The van der Waals surface area contributed by atoms with E-state index in [1.54, 1.807) is 0 Å². The van der Waals surface area contributed by atoms with Crippen LogP contribution in [0.15, 0.2) is 0 Å². The molecule has 88 valence electrons. The molecule has 6 fully saturated rings. The van der Waals surface area contributed by atoms with E-state index in [-0.39, 0.29) is 0 Å². The van der Waals surface area contributed by atoms with E-state index in [4.69, 9.17) is 0 Å². The van der Waals surface area contributed by atoms with Crippen molar-refractivity contribution in [1.82, 2.24) is 0 Å². The molecule has 0 amide bonds. The summed E-state index contributed by atoms with van der Waals surface area (Å²) in [6.07, 6.45) is 0. The van der Waals surface area contributed by atoms with Gasteiger partial charge in [-0.15, -0.1) is 0 Å². The van der Waals surface area contributed by atoms with Crippen LogP contribution in [-0.4, -0.2) is 21.4 Å². The second-order valence-electron chi connectivity index (χ2n) is 7.72. The van der Waals surface area contributed by atoms with Crippen LogP contribution in [0, 0.1) is 53.3 Å². The summed E-state index contributed by atoms with van der Waals surface area (Å²) in [6, 6.07) is 0. The first-order valence-electron chi connectivity index (χ1n) is 6.85. The number of hydrogen-bond acceptors (Lipinski definition) is 2. The molecule has 6 rings (SSSR count). The fourth-order valence-corrected chi connectivity index (χ4v) is 8.00. The van der Waals surface area contributed by atoms with Gasteiger partial charge in [0.1, 0.15) is 0 Å².